The Balaban J connectivity index is 2.05. The molecule has 0 aromatic carbocycles. The van der Waals surface area contributed by atoms with Crippen LogP contribution in [0.25, 0.3) is 0 Å². The van der Waals surface area contributed by atoms with Gasteiger partial charge in [0.25, 0.3) is 0 Å². The fourth-order valence-electron chi connectivity index (χ4n) is 2.41. The van der Waals surface area contributed by atoms with Gasteiger partial charge in [0.15, 0.2) is 5.16 Å². The number of aryl methyl sites for hydroxylation is 1. The highest BCUT2D eigenvalue weighted by Gasteiger charge is 2.03. The van der Waals surface area contributed by atoms with Crippen molar-refractivity contribution >= 4 is 11.8 Å². The SMILES string of the molecule is NCCCC/C=C\CCC/C=C/CSc1ncnn1CCCCCN. The normalized spacial score (nSPS) is 11.9. The maximum atomic E-state index is 5.52. The third-order valence-corrected chi connectivity index (χ3v) is 4.80. The van der Waals surface area contributed by atoms with Gasteiger partial charge in [0.05, 0.1) is 0 Å². The van der Waals surface area contributed by atoms with E-state index in [1.807, 2.05) is 4.68 Å². The molecular weight excluding hydrogens is 330 g/mol. The molecule has 0 aliphatic carbocycles. The number of hydrogen-bond acceptors (Lipinski definition) is 5. The summed E-state index contributed by atoms with van der Waals surface area (Å²) < 4.78 is 2.00. The van der Waals surface area contributed by atoms with Crippen LogP contribution < -0.4 is 11.5 Å². The molecule has 142 valence electrons. The molecule has 0 radical (unpaired) electrons. The first-order chi connectivity index (χ1) is 12.4. The van der Waals surface area contributed by atoms with Crippen molar-refractivity contribution in [1.82, 2.24) is 14.8 Å². The van der Waals surface area contributed by atoms with E-state index in [0.29, 0.717) is 0 Å². The molecule has 0 atom stereocenters. The second kappa shape index (κ2) is 16.4. The van der Waals surface area contributed by atoms with Crippen molar-refractivity contribution in [3.05, 3.63) is 30.6 Å². The monoisotopic (exact) mass is 365 g/mol. The summed E-state index contributed by atoms with van der Waals surface area (Å²) in [5.74, 6) is 0.955. The van der Waals surface area contributed by atoms with Crippen LogP contribution in [0.3, 0.4) is 0 Å². The van der Waals surface area contributed by atoms with Gasteiger partial charge in [-0.3, -0.25) is 0 Å². The molecule has 0 saturated carbocycles. The van der Waals surface area contributed by atoms with Gasteiger partial charge in [-0.25, -0.2) is 9.67 Å². The van der Waals surface area contributed by atoms with Crippen LogP contribution in [0.5, 0.6) is 0 Å². The highest BCUT2D eigenvalue weighted by molar-refractivity contribution is 7.99. The minimum Gasteiger partial charge on any atom is -0.330 e. The quantitative estimate of drug-likeness (QED) is 0.264. The van der Waals surface area contributed by atoms with Crippen LogP contribution in [0, 0.1) is 0 Å². The minimum absolute atomic E-state index is 0.772. The molecule has 1 heterocycles. The number of hydrogen-bond donors (Lipinski definition) is 2. The summed E-state index contributed by atoms with van der Waals surface area (Å²) in [6, 6.07) is 0. The van der Waals surface area contributed by atoms with E-state index in [1.54, 1.807) is 18.1 Å². The van der Waals surface area contributed by atoms with Crippen molar-refractivity contribution in [2.75, 3.05) is 18.8 Å². The topological polar surface area (TPSA) is 82.8 Å². The number of rotatable bonds is 16. The highest BCUT2D eigenvalue weighted by atomic mass is 32.2. The van der Waals surface area contributed by atoms with Crippen LogP contribution in [0.2, 0.25) is 0 Å². The molecule has 0 aliphatic heterocycles. The molecule has 5 nitrogen and oxygen atoms in total. The van der Waals surface area contributed by atoms with E-state index >= 15 is 0 Å². The smallest absolute Gasteiger partial charge is 0.186 e. The number of nitrogens with two attached hydrogens (primary N) is 2. The maximum absolute atomic E-state index is 5.52. The lowest BCUT2D eigenvalue weighted by atomic mass is 10.2. The zero-order chi connectivity index (χ0) is 18.0. The fraction of sp³-hybridized carbons (Fsp3) is 0.684. The first kappa shape index (κ1) is 21.9. The Morgan fingerprint density at radius 2 is 1.52 bits per heavy atom. The zero-order valence-corrected chi connectivity index (χ0v) is 16.3. The molecule has 6 heteroatoms. The van der Waals surface area contributed by atoms with Gasteiger partial charge in [0, 0.05) is 12.3 Å². The van der Waals surface area contributed by atoms with Crippen molar-refractivity contribution in [2.45, 2.75) is 69.5 Å². The maximum Gasteiger partial charge on any atom is 0.186 e. The van der Waals surface area contributed by atoms with Crippen LogP contribution in [-0.4, -0.2) is 33.6 Å². The molecule has 1 rings (SSSR count). The van der Waals surface area contributed by atoms with Crippen LogP contribution >= 0.6 is 11.8 Å². The van der Waals surface area contributed by atoms with E-state index in [0.717, 1.165) is 75.5 Å². The number of unbranched alkanes of at least 4 members (excludes halogenated alkanes) is 6. The summed E-state index contributed by atoms with van der Waals surface area (Å²) in [5, 5.41) is 5.32. The zero-order valence-electron chi connectivity index (χ0n) is 15.5. The van der Waals surface area contributed by atoms with Crippen molar-refractivity contribution in [1.29, 1.82) is 0 Å². The minimum atomic E-state index is 0.772. The predicted octanol–water partition coefficient (Wildman–Crippen LogP) is 3.91. The Morgan fingerprint density at radius 1 is 0.840 bits per heavy atom. The van der Waals surface area contributed by atoms with Gasteiger partial charge in [-0.15, -0.1) is 0 Å². The summed E-state index contributed by atoms with van der Waals surface area (Å²) in [6.07, 6.45) is 21.1. The molecule has 0 aliphatic rings. The molecule has 1 aromatic rings. The summed E-state index contributed by atoms with van der Waals surface area (Å²) in [7, 11) is 0. The Hall–Kier alpha value is -1.11. The summed E-state index contributed by atoms with van der Waals surface area (Å²) >= 11 is 1.75. The first-order valence-electron chi connectivity index (χ1n) is 9.59. The van der Waals surface area contributed by atoms with Crippen molar-refractivity contribution in [2.24, 2.45) is 11.5 Å². The lowest BCUT2D eigenvalue weighted by Gasteiger charge is -2.04. The number of aromatic nitrogens is 3. The number of allylic oxidation sites excluding steroid dienone is 3. The fourth-order valence-corrected chi connectivity index (χ4v) is 3.20. The second-order valence-corrected chi connectivity index (χ2v) is 7.07. The van der Waals surface area contributed by atoms with Gasteiger partial charge in [-0.1, -0.05) is 42.5 Å². The van der Waals surface area contributed by atoms with Gasteiger partial charge in [0.1, 0.15) is 6.33 Å². The summed E-state index contributed by atoms with van der Waals surface area (Å²) in [5.41, 5.74) is 11.0. The number of thioether (sulfide) groups is 1. The number of nitrogens with zero attached hydrogens (tertiary/aromatic N) is 3. The molecule has 0 saturated heterocycles. The van der Waals surface area contributed by atoms with Gasteiger partial charge >= 0.3 is 0 Å². The molecular formula is C19H35N5S. The van der Waals surface area contributed by atoms with Crippen molar-refractivity contribution in [3.63, 3.8) is 0 Å². The first-order valence-corrected chi connectivity index (χ1v) is 10.6. The average molecular weight is 366 g/mol. The van der Waals surface area contributed by atoms with Crippen molar-refractivity contribution in [3.8, 4) is 0 Å². The molecule has 0 bridgehead atoms. The molecule has 1 aromatic heterocycles. The highest BCUT2D eigenvalue weighted by Crippen LogP contribution is 2.15. The predicted molar refractivity (Wildman–Crippen MR) is 109 cm³/mol. The van der Waals surface area contributed by atoms with Crippen LogP contribution in [0.1, 0.15) is 57.8 Å². The van der Waals surface area contributed by atoms with Crippen LogP contribution in [0.15, 0.2) is 35.8 Å². The Kier molecular flexibility index (Phi) is 14.4. The summed E-state index contributed by atoms with van der Waals surface area (Å²) in [4.78, 5) is 4.34. The molecule has 0 spiro atoms. The van der Waals surface area contributed by atoms with E-state index in [1.165, 1.54) is 12.8 Å². The van der Waals surface area contributed by atoms with Gasteiger partial charge in [0.2, 0.25) is 0 Å². The van der Waals surface area contributed by atoms with E-state index in [2.05, 4.69) is 34.4 Å². The van der Waals surface area contributed by atoms with Gasteiger partial charge in [-0.05, 0) is 64.5 Å². The Morgan fingerprint density at radius 3 is 2.28 bits per heavy atom. The Labute approximate surface area is 157 Å². The van der Waals surface area contributed by atoms with E-state index in [9.17, 15) is 0 Å². The Bertz CT molecular complexity index is 470. The molecule has 0 unspecified atom stereocenters. The van der Waals surface area contributed by atoms with Crippen LogP contribution in [0.4, 0.5) is 0 Å². The largest absolute Gasteiger partial charge is 0.330 e. The lowest BCUT2D eigenvalue weighted by molar-refractivity contribution is 0.510. The van der Waals surface area contributed by atoms with Gasteiger partial charge in [-0.2, -0.15) is 5.10 Å². The summed E-state index contributed by atoms with van der Waals surface area (Å²) in [6.45, 7) is 2.51. The van der Waals surface area contributed by atoms with Crippen LogP contribution in [-0.2, 0) is 6.54 Å². The molecule has 4 N–H and O–H groups in total. The second-order valence-electron chi connectivity index (χ2n) is 6.08. The standard InChI is InChI=1S/C19H35N5S/c20-14-10-7-5-3-1-2-4-6-8-13-17-25-19-22-18-23-24(19)16-12-9-11-15-21/h1,3,8,13,18H,2,4-7,9-12,14-17,20-21H2/b3-1-,13-8+. The van der Waals surface area contributed by atoms with Crippen molar-refractivity contribution < 1.29 is 0 Å². The third-order valence-electron chi connectivity index (χ3n) is 3.86. The van der Waals surface area contributed by atoms with Gasteiger partial charge < -0.3 is 11.5 Å². The van der Waals surface area contributed by atoms with E-state index in [4.69, 9.17) is 11.5 Å². The average Bonchev–Trinajstić information content (AvgIpc) is 3.07. The lowest BCUT2D eigenvalue weighted by Crippen LogP contribution is -2.04. The molecule has 0 fully saturated rings. The third kappa shape index (κ3) is 12.0. The molecule has 25 heavy (non-hydrogen) atoms. The molecule has 0 amide bonds. The van der Waals surface area contributed by atoms with E-state index < -0.39 is 0 Å². The van der Waals surface area contributed by atoms with E-state index in [-0.39, 0.29) is 0 Å².